The highest BCUT2D eigenvalue weighted by Gasteiger charge is 2.46. The molecule has 2 saturated carbocycles. The molecule has 2 N–H and O–H groups in total. The van der Waals surface area contributed by atoms with Gasteiger partial charge in [0.15, 0.2) is 5.65 Å². The molecule has 0 radical (unpaired) electrons. The minimum Gasteiger partial charge on any atom is -0.430 e. The van der Waals surface area contributed by atoms with Crippen molar-refractivity contribution in [2.75, 3.05) is 11.9 Å². The maximum atomic E-state index is 13.2. The molecule has 9 heteroatoms. The Balaban J connectivity index is 1.30. The Morgan fingerprint density at radius 2 is 2.00 bits per heavy atom. The largest absolute Gasteiger partial charge is 0.430 e. The Kier molecular flexibility index (Phi) is 4.20. The first kappa shape index (κ1) is 20.9. The quantitative estimate of drug-likeness (QED) is 0.452. The summed E-state index contributed by atoms with van der Waals surface area (Å²) in [4.78, 5) is 27.2. The zero-order chi connectivity index (χ0) is 23.9. The van der Waals surface area contributed by atoms with Gasteiger partial charge in [0.05, 0.1) is 5.69 Å². The molecule has 1 spiro atoms. The van der Waals surface area contributed by atoms with Gasteiger partial charge in [-0.2, -0.15) is 14.6 Å². The summed E-state index contributed by atoms with van der Waals surface area (Å²) in [7, 11) is 0. The second-order valence-corrected chi connectivity index (χ2v) is 10.8. The van der Waals surface area contributed by atoms with Gasteiger partial charge < -0.3 is 15.1 Å². The van der Waals surface area contributed by atoms with Crippen LogP contribution in [0.3, 0.4) is 0 Å². The normalized spacial score (nSPS) is 19.3. The molecule has 180 valence electrons. The van der Waals surface area contributed by atoms with Crippen molar-refractivity contribution in [2.24, 2.45) is 0 Å². The minimum atomic E-state index is -0.157. The number of hydrogen-bond donors (Lipinski definition) is 2. The Morgan fingerprint density at radius 1 is 1.17 bits per heavy atom. The number of fused-ring (bicyclic) bond motifs is 3. The van der Waals surface area contributed by atoms with Crippen LogP contribution in [0.5, 0.6) is 0 Å². The Morgan fingerprint density at radius 3 is 2.74 bits per heavy atom. The first-order chi connectivity index (χ1) is 16.9. The predicted octanol–water partition coefficient (Wildman–Crippen LogP) is 4.08. The zero-order valence-electron chi connectivity index (χ0n) is 20.3. The summed E-state index contributed by atoms with van der Waals surface area (Å²) in [6.45, 7) is 7.11. The van der Waals surface area contributed by atoms with Crippen molar-refractivity contribution in [1.82, 2.24) is 29.6 Å². The standard InChI is InChI=1S/C26H29N7O2/c1-15(2)32-22(34)18-13-27-23(29-17-4-5-19-16(12-17)6-11-28-26(19)9-10-26)31-21(18)33(32)24-30-20(14-35-24)25(3)7-8-25/h4-5,12-15,28H,6-11H2,1-3H3,(H,27,29,31). The molecule has 3 aliphatic rings. The zero-order valence-corrected chi connectivity index (χ0v) is 20.3. The smallest absolute Gasteiger partial charge is 0.323 e. The van der Waals surface area contributed by atoms with Crippen molar-refractivity contribution in [3.05, 3.63) is 57.8 Å². The number of aromatic nitrogens is 5. The minimum absolute atomic E-state index is 0.0658. The summed E-state index contributed by atoms with van der Waals surface area (Å²) in [5.41, 5.74) is 5.23. The van der Waals surface area contributed by atoms with Crippen LogP contribution in [0.2, 0.25) is 0 Å². The lowest BCUT2D eigenvalue weighted by atomic mass is 9.92. The second kappa shape index (κ2) is 7.04. The van der Waals surface area contributed by atoms with E-state index in [-0.39, 0.29) is 22.6 Å². The van der Waals surface area contributed by atoms with E-state index in [4.69, 9.17) is 14.4 Å². The van der Waals surface area contributed by atoms with Gasteiger partial charge in [-0.3, -0.25) is 4.79 Å². The van der Waals surface area contributed by atoms with Gasteiger partial charge in [-0.05, 0) is 69.2 Å². The van der Waals surface area contributed by atoms with Crippen molar-refractivity contribution >= 4 is 22.7 Å². The SMILES string of the molecule is CC(C)n1c(=O)c2cnc(Nc3ccc4c(c3)CCNC43CC3)nc2n1-c1nc(C2(C)CC2)co1. The molecule has 35 heavy (non-hydrogen) atoms. The van der Waals surface area contributed by atoms with Crippen LogP contribution in [0.25, 0.3) is 17.0 Å². The molecule has 7 rings (SSSR count). The van der Waals surface area contributed by atoms with Crippen LogP contribution in [0.4, 0.5) is 11.6 Å². The summed E-state index contributed by atoms with van der Waals surface area (Å²) in [5.74, 6) is 0.433. The molecular formula is C26H29N7O2. The molecule has 0 amide bonds. The van der Waals surface area contributed by atoms with E-state index in [2.05, 4.69) is 40.7 Å². The number of anilines is 2. The summed E-state index contributed by atoms with van der Waals surface area (Å²) in [5, 5.41) is 7.46. The van der Waals surface area contributed by atoms with Gasteiger partial charge in [0, 0.05) is 35.4 Å². The topological polar surface area (TPSA) is 103 Å². The van der Waals surface area contributed by atoms with Gasteiger partial charge in [0.1, 0.15) is 11.6 Å². The highest BCUT2D eigenvalue weighted by atomic mass is 16.4. The molecule has 4 heterocycles. The highest BCUT2D eigenvalue weighted by Crippen LogP contribution is 2.49. The molecule has 4 aromatic rings. The van der Waals surface area contributed by atoms with Crippen LogP contribution in [0.15, 0.2) is 39.9 Å². The number of hydrogen-bond acceptors (Lipinski definition) is 7. The number of benzene rings is 1. The van der Waals surface area contributed by atoms with Crippen molar-refractivity contribution in [3.8, 4) is 6.01 Å². The summed E-state index contributed by atoms with van der Waals surface area (Å²) in [6.07, 6.45) is 8.91. The van der Waals surface area contributed by atoms with E-state index in [1.807, 2.05) is 13.8 Å². The molecule has 0 atom stereocenters. The van der Waals surface area contributed by atoms with Crippen LogP contribution in [0.1, 0.15) is 69.3 Å². The molecule has 1 aliphatic heterocycles. The van der Waals surface area contributed by atoms with Gasteiger partial charge in [-0.25, -0.2) is 9.67 Å². The molecule has 3 aromatic heterocycles. The summed E-state index contributed by atoms with van der Waals surface area (Å²) in [6, 6.07) is 6.75. The van der Waals surface area contributed by atoms with Crippen molar-refractivity contribution in [3.63, 3.8) is 0 Å². The average molecular weight is 472 g/mol. The van der Waals surface area contributed by atoms with Gasteiger partial charge >= 0.3 is 6.01 Å². The lowest BCUT2D eigenvalue weighted by molar-refractivity contribution is 0.417. The second-order valence-electron chi connectivity index (χ2n) is 10.8. The van der Waals surface area contributed by atoms with Crippen LogP contribution in [-0.4, -0.2) is 30.9 Å². The summed E-state index contributed by atoms with van der Waals surface area (Å²) >= 11 is 0. The fourth-order valence-corrected chi connectivity index (χ4v) is 5.37. The monoisotopic (exact) mass is 471 g/mol. The number of nitrogens with zero attached hydrogens (tertiary/aromatic N) is 5. The van der Waals surface area contributed by atoms with E-state index in [1.54, 1.807) is 21.8 Å². The van der Waals surface area contributed by atoms with Crippen molar-refractivity contribution < 1.29 is 4.42 Å². The molecule has 2 fully saturated rings. The third kappa shape index (κ3) is 3.17. The van der Waals surface area contributed by atoms with Crippen molar-refractivity contribution in [1.29, 1.82) is 0 Å². The number of rotatable bonds is 5. The van der Waals surface area contributed by atoms with E-state index in [9.17, 15) is 4.79 Å². The van der Waals surface area contributed by atoms with Gasteiger partial charge in [0.2, 0.25) is 5.95 Å². The van der Waals surface area contributed by atoms with E-state index < -0.39 is 0 Å². The van der Waals surface area contributed by atoms with Crippen LogP contribution >= 0.6 is 0 Å². The van der Waals surface area contributed by atoms with E-state index in [1.165, 1.54) is 24.0 Å². The first-order valence-electron chi connectivity index (χ1n) is 12.5. The lowest BCUT2D eigenvalue weighted by Crippen LogP contribution is -2.36. The Bertz CT molecular complexity index is 1540. The maximum absolute atomic E-state index is 13.2. The fraction of sp³-hybridized carbons (Fsp3) is 0.462. The fourth-order valence-electron chi connectivity index (χ4n) is 5.37. The first-order valence-corrected chi connectivity index (χ1v) is 12.5. The van der Waals surface area contributed by atoms with Gasteiger partial charge in [0.25, 0.3) is 5.56 Å². The van der Waals surface area contributed by atoms with Gasteiger partial charge in [-0.15, -0.1) is 0 Å². The Labute approximate surface area is 202 Å². The van der Waals surface area contributed by atoms with Crippen LogP contribution in [-0.2, 0) is 17.4 Å². The maximum Gasteiger partial charge on any atom is 0.323 e. The van der Waals surface area contributed by atoms with E-state index >= 15 is 0 Å². The molecule has 0 bridgehead atoms. The van der Waals surface area contributed by atoms with Crippen LogP contribution in [0, 0.1) is 0 Å². The lowest BCUT2D eigenvalue weighted by Gasteiger charge is -2.27. The van der Waals surface area contributed by atoms with Crippen molar-refractivity contribution in [2.45, 2.75) is 69.9 Å². The van der Waals surface area contributed by atoms with E-state index in [0.29, 0.717) is 23.0 Å². The molecule has 0 saturated heterocycles. The molecule has 1 aromatic carbocycles. The third-order valence-electron chi connectivity index (χ3n) is 7.89. The Hall–Kier alpha value is -3.46. The third-order valence-corrected chi connectivity index (χ3v) is 7.89. The molecule has 9 nitrogen and oxygen atoms in total. The highest BCUT2D eigenvalue weighted by molar-refractivity contribution is 5.76. The van der Waals surface area contributed by atoms with Crippen LogP contribution < -0.4 is 16.2 Å². The number of oxazole rings is 1. The number of nitrogens with one attached hydrogen (secondary N) is 2. The van der Waals surface area contributed by atoms with Gasteiger partial charge in [-0.1, -0.05) is 13.0 Å². The molecule has 2 aliphatic carbocycles. The predicted molar refractivity (Wildman–Crippen MR) is 133 cm³/mol. The van der Waals surface area contributed by atoms with E-state index in [0.717, 1.165) is 37.2 Å². The molecular weight excluding hydrogens is 442 g/mol. The average Bonchev–Trinajstić information content (AvgIpc) is 3.69. The summed E-state index contributed by atoms with van der Waals surface area (Å²) < 4.78 is 9.21. The molecule has 0 unspecified atom stereocenters.